The number of carbonyl (C=O) groups excluding carboxylic acids is 1. The first-order valence-corrected chi connectivity index (χ1v) is 8.92. The smallest absolute Gasteiger partial charge is 0.251 e. The van der Waals surface area contributed by atoms with Crippen molar-refractivity contribution in [2.24, 2.45) is 0 Å². The molecule has 1 aliphatic rings. The third kappa shape index (κ3) is 3.55. The molecule has 25 heavy (non-hydrogen) atoms. The largest absolute Gasteiger partial charge is 0.435 e. The molecule has 1 aromatic carbocycles. The zero-order valence-corrected chi connectivity index (χ0v) is 14.1. The molecular formula is C20H21N3O2. The lowest BCUT2D eigenvalue weighted by Crippen LogP contribution is -2.34. The summed E-state index contributed by atoms with van der Waals surface area (Å²) in [7, 11) is 0. The second-order valence-corrected chi connectivity index (χ2v) is 6.58. The van der Waals surface area contributed by atoms with E-state index in [-0.39, 0.29) is 11.9 Å². The molecule has 0 unspecified atom stereocenters. The van der Waals surface area contributed by atoms with Gasteiger partial charge in [0.15, 0.2) is 5.58 Å². The number of hydrogen-bond donors (Lipinski definition) is 1. The van der Waals surface area contributed by atoms with Gasteiger partial charge in [0.25, 0.3) is 5.91 Å². The van der Waals surface area contributed by atoms with Gasteiger partial charge in [-0.2, -0.15) is 0 Å². The summed E-state index contributed by atoms with van der Waals surface area (Å²) in [6.45, 7) is 0. The first kappa shape index (κ1) is 15.8. The average molecular weight is 335 g/mol. The van der Waals surface area contributed by atoms with E-state index in [1.54, 1.807) is 18.3 Å². The van der Waals surface area contributed by atoms with Crippen LogP contribution in [0.25, 0.3) is 22.7 Å². The number of hydrogen-bond acceptors (Lipinski definition) is 4. The Balaban J connectivity index is 1.55. The van der Waals surface area contributed by atoms with Crippen LogP contribution in [0.15, 0.2) is 47.0 Å². The highest BCUT2D eigenvalue weighted by Crippen LogP contribution is 2.24. The van der Waals surface area contributed by atoms with Crippen molar-refractivity contribution in [1.82, 2.24) is 15.3 Å². The molecule has 1 aliphatic carbocycles. The molecule has 5 heteroatoms. The zero-order valence-electron chi connectivity index (χ0n) is 14.1. The average Bonchev–Trinajstić information content (AvgIpc) is 2.91. The minimum absolute atomic E-state index is 0.0374. The lowest BCUT2D eigenvalue weighted by molar-refractivity contribution is 0.0933. The van der Waals surface area contributed by atoms with E-state index in [9.17, 15) is 4.79 Å². The number of nitrogens with one attached hydrogen (secondary N) is 1. The fourth-order valence-electron chi connectivity index (χ4n) is 3.36. The van der Waals surface area contributed by atoms with Gasteiger partial charge in [0.05, 0.1) is 0 Å². The summed E-state index contributed by atoms with van der Waals surface area (Å²) in [5, 5.41) is 3.16. The second-order valence-electron chi connectivity index (χ2n) is 6.58. The van der Waals surface area contributed by atoms with E-state index in [4.69, 9.17) is 4.42 Å². The van der Waals surface area contributed by atoms with E-state index in [2.05, 4.69) is 15.3 Å². The van der Waals surface area contributed by atoms with Gasteiger partial charge in [-0.05, 0) is 43.2 Å². The Morgan fingerprint density at radius 3 is 2.68 bits per heavy atom. The SMILES string of the molecule is O=C(NC1CCCCCC1)c1ccc2nc(-c3ccccn3)oc2c1. The highest BCUT2D eigenvalue weighted by atomic mass is 16.3. The number of nitrogens with zero attached hydrogens (tertiary/aromatic N) is 2. The third-order valence-corrected chi connectivity index (χ3v) is 4.73. The van der Waals surface area contributed by atoms with Crippen LogP contribution < -0.4 is 5.32 Å². The summed E-state index contributed by atoms with van der Waals surface area (Å²) in [4.78, 5) is 21.3. The molecule has 1 N–H and O–H groups in total. The van der Waals surface area contributed by atoms with Gasteiger partial charge in [-0.15, -0.1) is 0 Å². The Morgan fingerprint density at radius 2 is 1.92 bits per heavy atom. The standard InChI is InChI=1S/C20H21N3O2/c24-19(22-15-7-3-1-2-4-8-15)14-10-11-16-18(13-14)25-20(23-16)17-9-5-6-12-21-17/h5-6,9-13,15H,1-4,7-8H2,(H,22,24). The molecule has 0 atom stereocenters. The normalized spacial score (nSPS) is 15.8. The van der Waals surface area contributed by atoms with Crippen LogP contribution in [0.3, 0.4) is 0 Å². The molecule has 3 aromatic rings. The summed E-state index contributed by atoms with van der Waals surface area (Å²) in [6.07, 6.45) is 8.77. The van der Waals surface area contributed by atoms with Crippen LogP contribution in [0, 0.1) is 0 Å². The second kappa shape index (κ2) is 7.05. The van der Waals surface area contributed by atoms with Crippen LogP contribution in [-0.2, 0) is 0 Å². The molecule has 2 aromatic heterocycles. The fourth-order valence-corrected chi connectivity index (χ4v) is 3.36. The summed E-state index contributed by atoms with van der Waals surface area (Å²) in [5.74, 6) is 0.432. The monoisotopic (exact) mass is 335 g/mol. The number of aromatic nitrogens is 2. The first-order chi connectivity index (χ1) is 12.3. The molecule has 5 nitrogen and oxygen atoms in total. The van der Waals surface area contributed by atoms with Gasteiger partial charge in [-0.25, -0.2) is 4.98 Å². The van der Waals surface area contributed by atoms with Gasteiger partial charge in [-0.1, -0.05) is 31.7 Å². The van der Waals surface area contributed by atoms with Crippen molar-refractivity contribution in [2.45, 2.75) is 44.6 Å². The predicted molar refractivity (Wildman–Crippen MR) is 96.2 cm³/mol. The summed E-state index contributed by atoms with van der Waals surface area (Å²) < 4.78 is 5.80. The van der Waals surface area contributed by atoms with Gasteiger partial charge in [0, 0.05) is 17.8 Å². The van der Waals surface area contributed by atoms with Crippen molar-refractivity contribution < 1.29 is 9.21 Å². The van der Waals surface area contributed by atoms with Crippen LogP contribution in [0.2, 0.25) is 0 Å². The van der Waals surface area contributed by atoms with E-state index in [1.165, 1.54) is 25.7 Å². The maximum Gasteiger partial charge on any atom is 0.251 e. The Bertz CT molecular complexity index is 865. The molecule has 0 aliphatic heterocycles. The molecule has 0 bridgehead atoms. The number of amides is 1. The van der Waals surface area contributed by atoms with Crippen molar-refractivity contribution in [3.63, 3.8) is 0 Å². The van der Waals surface area contributed by atoms with E-state index in [1.807, 2.05) is 24.3 Å². The van der Waals surface area contributed by atoms with Crippen molar-refractivity contribution in [3.05, 3.63) is 48.2 Å². The van der Waals surface area contributed by atoms with Gasteiger partial charge < -0.3 is 9.73 Å². The quantitative estimate of drug-likeness (QED) is 0.723. The topological polar surface area (TPSA) is 68.0 Å². The van der Waals surface area contributed by atoms with Crippen LogP contribution in [0.5, 0.6) is 0 Å². The van der Waals surface area contributed by atoms with E-state index in [0.29, 0.717) is 22.7 Å². The van der Waals surface area contributed by atoms with E-state index in [0.717, 1.165) is 18.4 Å². The van der Waals surface area contributed by atoms with Crippen LogP contribution >= 0.6 is 0 Å². The zero-order chi connectivity index (χ0) is 17.1. The van der Waals surface area contributed by atoms with Gasteiger partial charge in [0.1, 0.15) is 11.2 Å². The molecule has 1 amide bonds. The Morgan fingerprint density at radius 1 is 1.08 bits per heavy atom. The van der Waals surface area contributed by atoms with Gasteiger partial charge in [-0.3, -0.25) is 9.78 Å². The Kier molecular flexibility index (Phi) is 4.46. The van der Waals surface area contributed by atoms with Crippen molar-refractivity contribution in [2.75, 3.05) is 0 Å². The Hall–Kier alpha value is -2.69. The molecule has 0 spiro atoms. The molecular weight excluding hydrogens is 314 g/mol. The fraction of sp³-hybridized carbons (Fsp3) is 0.350. The van der Waals surface area contributed by atoms with E-state index < -0.39 is 0 Å². The highest BCUT2D eigenvalue weighted by Gasteiger charge is 2.17. The minimum atomic E-state index is -0.0374. The van der Waals surface area contributed by atoms with Crippen LogP contribution in [0.4, 0.5) is 0 Å². The number of fused-ring (bicyclic) bond motifs is 1. The third-order valence-electron chi connectivity index (χ3n) is 4.73. The summed E-state index contributed by atoms with van der Waals surface area (Å²) in [5.41, 5.74) is 2.63. The number of pyridine rings is 1. The van der Waals surface area contributed by atoms with Gasteiger partial charge in [0.2, 0.25) is 5.89 Å². The molecule has 2 heterocycles. The summed E-state index contributed by atoms with van der Waals surface area (Å²) in [6, 6.07) is 11.3. The molecule has 4 rings (SSSR count). The number of carbonyl (C=O) groups is 1. The molecule has 128 valence electrons. The molecule has 0 saturated heterocycles. The number of benzene rings is 1. The van der Waals surface area contributed by atoms with Crippen molar-refractivity contribution in [1.29, 1.82) is 0 Å². The number of rotatable bonds is 3. The molecule has 1 saturated carbocycles. The maximum absolute atomic E-state index is 12.6. The lowest BCUT2D eigenvalue weighted by atomic mass is 10.1. The minimum Gasteiger partial charge on any atom is -0.435 e. The highest BCUT2D eigenvalue weighted by molar-refractivity contribution is 5.97. The van der Waals surface area contributed by atoms with Crippen molar-refractivity contribution >= 4 is 17.0 Å². The summed E-state index contributed by atoms with van der Waals surface area (Å²) >= 11 is 0. The number of oxazole rings is 1. The molecule has 1 fully saturated rings. The van der Waals surface area contributed by atoms with Crippen LogP contribution in [0.1, 0.15) is 48.9 Å². The predicted octanol–water partition coefficient (Wildman–Crippen LogP) is 4.34. The van der Waals surface area contributed by atoms with Gasteiger partial charge >= 0.3 is 0 Å². The van der Waals surface area contributed by atoms with E-state index >= 15 is 0 Å². The molecule has 0 radical (unpaired) electrons. The Labute approximate surface area is 146 Å². The maximum atomic E-state index is 12.6. The van der Waals surface area contributed by atoms with Crippen molar-refractivity contribution in [3.8, 4) is 11.6 Å². The first-order valence-electron chi connectivity index (χ1n) is 8.92. The van der Waals surface area contributed by atoms with Crippen LogP contribution in [-0.4, -0.2) is 21.9 Å². The lowest BCUT2D eigenvalue weighted by Gasteiger charge is -2.16.